The molecule has 3 aliphatic rings. The maximum absolute atomic E-state index is 12.6. The van der Waals surface area contributed by atoms with Crippen LogP contribution in [-0.4, -0.2) is 79.4 Å². The lowest BCUT2D eigenvalue weighted by molar-refractivity contribution is -0.902. The number of nitrogens with one attached hydrogen (secondary N) is 1. The van der Waals surface area contributed by atoms with E-state index in [1.807, 2.05) is 0 Å². The quantitative estimate of drug-likeness (QED) is 0.164. The normalized spacial score (nSPS) is 36.6. The van der Waals surface area contributed by atoms with E-state index in [9.17, 15) is 9.90 Å². The van der Waals surface area contributed by atoms with Gasteiger partial charge in [-0.25, -0.2) is 0 Å². The van der Waals surface area contributed by atoms with Crippen LogP contribution in [0.4, 0.5) is 0 Å². The minimum Gasteiger partial charge on any atom is -0.461 e. The third-order valence-electron chi connectivity index (χ3n) is 7.86. The fourth-order valence-electron chi connectivity index (χ4n) is 5.82. The van der Waals surface area contributed by atoms with Crippen LogP contribution in [0.2, 0.25) is 0 Å². The number of quaternary nitrogens is 2. The van der Waals surface area contributed by atoms with Crippen LogP contribution in [0.15, 0.2) is 11.6 Å². The molecular formula is C22H40N2O5+2. The molecule has 2 fully saturated rings. The molecule has 0 aromatic rings. The molecule has 0 radical (unpaired) electrons. The van der Waals surface area contributed by atoms with Crippen molar-refractivity contribution in [3.05, 3.63) is 11.6 Å². The lowest BCUT2D eigenvalue weighted by Gasteiger charge is -2.51. The van der Waals surface area contributed by atoms with E-state index in [2.05, 4.69) is 25.2 Å². The van der Waals surface area contributed by atoms with E-state index in [4.69, 9.17) is 14.9 Å². The van der Waals surface area contributed by atoms with E-state index in [0.29, 0.717) is 25.6 Å². The van der Waals surface area contributed by atoms with E-state index in [0.717, 1.165) is 38.8 Å². The summed E-state index contributed by atoms with van der Waals surface area (Å²) in [6.45, 7) is 8.38. The van der Waals surface area contributed by atoms with E-state index in [1.165, 1.54) is 10.5 Å². The number of nitrogens with two attached hydrogens (primary N) is 1. The average Bonchev–Trinajstić information content (AvgIpc) is 3.00. The van der Waals surface area contributed by atoms with Crippen molar-refractivity contribution in [3.63, 3.8) is 0 Å². The molecule has 6 atom stereocenters. The van der Waals surface area contributed by atoms with Gasteiger partial charge in [-0.3, -0.25) is 4.79 Å². The van der Waals surface area contributed by atoms with Crippen LogP contribution in [0.1, 0.15) is 39.5 Å². The van der Waals surface area contributed by atoms with Gasteiger partial charge in [0.1, 0.15) is 25.1 Å². The van der Waals surface area contributed by atoms with Crippen molar-refractivity contribution < 1.29 is 35.1 Å². The number of carbonyl (C=O) groups is 1. The molecule has 1 saturated carbocycles. The first-order valence-electron chi connectivity index (χ1n) is 11.4. The van der Waals surface area contributed by atoms with Gasteiger partial charge in [-0.05, 0) is 18.8 Å². The minimum atomic E-state index is -0.540. The number of aliphatic hydroxyl groups is 3. The SMILES string of the molecule is C[C@@H]1CCC=C2C[C@H]3OC(=O)[C@@H](C[NH2+]CCC[NH+](CCO)CCO)[C@H]3[C@@H](O)[C@@]21C. The number of ether oxygens (including phenoxy) is 1. The molecule has 29 heavy (non-hydrogen) atoms. The Hall–Kier alpha value is -0.990. The van der Waals surface area contributed by atoms with Gasteiger partial charge in [0.05, 0.1) is 39.0 Å². The predicted molar refractivity (Wildman–Crippen MR) is 108 cm³/mol. The zero-order valence-corrected chi connectivity index (χ0v) is 18.0. The first kappa shape index (κ1) is 22.7. The van der Waals surface area contributed by atoms with Crippen molar-refractivity contribution in [2.24, 2.45) is 23.2 Å². The van der Waals surface area contributed by atoms with E-state index in [1.54, 1.807) is 0 Å². The highest BCUT2D eigenvalue weighted by Gasteiger charge is 2.60. The Kier molecular flexibility index (Phi) is 7.73. The van der Waals surface area contributed by atoms with Crippen molar-refractivity contribution in [2.45, 2.75) is 51.7 Å². The summed E-state index contributed by atoms with van der Waals surface area (Å²) < 4.78 is 5.72. The summed E-state index contributed by atoms with van der Waals surface area (Å²) in [5.41, 5.74) is 1.03. The molecule has 0 spiro atoms. The van der Waals surface area contributed by atoms with Gasteiger partial charge >= 0.3 is 5.97 Å². The van der Waals surface area contributed by atoms with Crippen LogP contribution in [0.3, 0.4) is 0 Å². The first-order valence-corrected chi connectivity index (χ1v) is 11.4. The maximum Gasteiger partial charge on any atom is 0.315 e. The number of hydrogen-bond acceptors (Lipinski definition) is 5. The van der Waals surface area contributed by atoms with Gasteiger partial charge in [0.2, 0.25) is 0 Å². The maximum atomic E-state index is 12.6. The van der Waals surface area contributed by atoms with Gasteiger partial charge in [0.25, 0.3) is 0 Å². The van der Waals surface area contributed by atoms with Crippen molar-refractivity contribution >= 4 is 5.97 Å². The van der Waals surface area contributed by atoms with Gasteiger partial charge in [0.15, 0.2) is 0 Å². The van der Waals surface area contributed by atoms with Crippen molar-refractivity contribution in [3.8, 4) is 0 Å². The Morgan fingerprint density at radius 1 is 1.28 bits per heavy atom. The number of hydrogen-bond donors (Lipinski definition) is 5. The van der Waals surface area contributed by atoms with Crippen LogP contribution in [0.5, 0.6) is 0 Å². The monoisotopic (exact) mass is 412 g/mol. The van der Waals surface area contributed by atoms with Crippen LogP contribution >= 0.6 is 0 Å². The second-order valence-electron chi connectivity index (χ2n) is 9.41. The second-order valence-corrected chi connectivity index (χ2v) is 9.41. The highest BCUT2D eigenvalue weighted by atomic mass is 16.6. The lowest BCUT2D eigenvalue weighted by atomic mass is 9.55. The predicted octanol–water partition coefficient (Wildman–Crippen LogP) is -1.91. The largest absolute Gasteiger partial charge is 0.461 e. The summed E-state index contributed by atoms with van der Waals surface area (Å²) in [7, 11) is 0. The van der Waals surface area contributed by atoms with Crippen molar-refractivity contribution in [2.75, 3.05) is 45.9 Å². The standard InChI is InChI=1S/C22H38N2O5/c1-15-5-3-6-16-13-18-19(20(27)22(15,16)2)17(21(28)29-18)14-23-7-4-8-24(9-11-25)10-12-26/h6,15,17-20,23,25-27H,3-5,7-14H2,1-2H3/p+2/t15-,17+,18-,19-,20-,22-/m1/s1. The molecule has 0 unspecified atom stereocenters. The van der Waals surface area contributed by atoms with Crippen molar-refractivity contribution in [1.29, 1.82) is 0 Å². The molecule has 0 aromatic heterocycles. The highest BCUT2D eigenvalue weighted by Crippen LogP contribution is 2.55. The van der Waals surface area contributed by atoms with Crippen LogP contribution in [0.25, 0.3) is 0 Å². The van der Waals surface area contributed by atoms with E-state index < -0.39 is 6.10 Å². The van der Waals surface area contributed by atoms with Crippen LogP contribution < -0.4 is 10.2 Å². The molecule has 1 aliphatic heterocycles. The fourth-order valence-corrected chi connectivity index (χ4v) is 5.82. The van der Waals surface area contributed by atoms with Gasteiger partial charge in [0, 0.05) is 24.2 Å². The van der Waals surface area contributed by atoms with Gasteiger partial charge in [-0.2, -0.15) is 0 Å². The summed E-state index contributed by atoms with van der Waals surface area (Å²) in [6, 6.07) is 0. The Balaban J connectivity index is 1.55. The summed E-state index contributed by atoms with van der Waals surface area (Å²) in [5, 5.41) is 31.7. The molecule has 7 heteroatoms. The minimum absolute atomic E-state index is 0.118. The molecule has 3 rings (SSSR count). The Morgan fingerprint density at radius 3 is 2.69 bits per heavy atom. The van der Waals surface area contributed by atoms with Crippen LogP contribution in [0, 0.1) is 23.2 Å². The number of esters is 1. The number of rotatable bonds is 10. The van der Waals surface area contributed by atoms with E-state index >= 15 is 0 Å². The molecule has 0 aromatic carbocycles. The third kappa shape index (κ3) is 4.54. The summed E-state index contributed by atoms with van der Waals surface area (Å²) >= 11 is 0. The Bertz CT molecular complexity index is 592. The number of carbonyl (C=O) groups excluding carboxylic acids is 1. The van der Waals surface area contributed by atoms with E-state index in [-0.39, 0.29) is 42.5 Å². The molecule has 6 N–H and O–H groups in total. The molecule has 2 aliphatic carbocycles. The zero-order chi connectivity index (χ0) is 21.0. The molecule has 1 saturated heterocycles. The van der Waals surface area contributed by atoms with Crippen LogP contribution in [-0.2, 0) is 9.53 Å². The van der Waals surface area contributed by atoms with Gasteiger partial charge in [-0.15, -0.1) is 0 Å². The third-order valence-corrected chi connectivity index (χ3v) is 7.86. The Morgan fingerprint density at radius 2 is 2.00 bits per heavy atom. The second kappa shape index (κ2) is 9.88. The molecule has 0 amide bonds. The van der Waals surface area contributed by atoms with Gasteiger partial charge in [-0.1, -0.05) is 25.5 Å². The van der Waals surface area contributed by atoms with Crippen molar-refractivity contribution in [1.82, 2.24) is 0 Å². The molecule has 7 nitrogen and oxygen atoms in total. The fraction of sp³-hybridized carbons (Fsp3) is 0.864. The topological polar surface area (TPSA) is 108 Å². The molecular weight excluding hydrogens is 372 g/mol. The molecule has 1 heterocycles. The number of allylic oxidation sites excluding steroid dienone is 1. The smallest absolute Gasteiger partial charge is 0.315 e. The summed E-state index contributed by atoms with van der Waals surface area (Å²) in [6.07, 6.45) is 5.39. The number of aliphatic hydroxyl groups excluding tert-OH is 3. The Labute approximate surface area is 174 Å². The zero-order valence-electron chi connectivity index (χ0n) is 18.0. The highest BCUT2D eigenvalue weighted by molar-refractivity contribution is 5.76. The molecule has 0 bridgehead atoms. The average molecular weight is 413 g/mol. The lowest BCUT2D eigenvalue weighted by Crippen LogP contribution is -3.13. The summed E-state index contributed by atoms with van der Waals surface area (Å²) in [5.74, 6) is -0.113. The first-order chi connectivity index (χ1) is 13.9. The van der Waals surface area contributed by atoms with Gasteiger partial charge < -0.3 is 30.3 Å². The summed E-state index contributed by atoms with van der Waals surface area (Å²) in [4.78, 5) is 13.8. The number of fused-ring (bicyclic) bond motifs is 2. The molecule has 166 valence electrons.